The molecule has 0 aliphatic rings. The molecule has 18 heavy (non-hydrogen) atoms. The third-order valence-electron chi connectivity index (χ3n) is 3.21. The van der Waals surface area contributed by atoms with Crippen LogP contribution in [-0.2, 0) is 0 Å². The zero-order chi connectivity index (χ0) is 14.1. The monoisotopic (exact) mass is 254 g/mol. The summed E-state index contributed by atoms with van der Waals surface area (Å²) in [4.78, 5) is 16.1. The van der Waals surface area contributed by atoms with Gasteiger partial charge in [-0.1, -0.05) is 13.8 Å². The Morgan fingerprint density at radius 2 is 1.89 bits per heavy atom. The zero-order valence-electron chi connectivity index (χ0n) is 11.8. The molecule has 0 saturated heterocycles. The fourth-order valence-corrected chi connectivity index (χ4v) is 1.13. The second kappa shape index (κ2) is 4.68. The molecular formula is C12H22N4O2. The second-order valence-corrected chi connectivity index (χ2v) is 5.84. The van der Waals surface area contributed by atoms with E-state index < -0.39 is 17.0 Å². The van der Waals surface area contributed by atoms with Gasteiger partial charge in [0.1, 0.15) is 5.82 Å². The highest BCUT2D eigenvalue weighted by atomic mass is 16.3. The maximum Gasteiger partial charge on any atom is 0.291 e. The van der Waals surface area contributed by atoms with Crippen molar-refractivity contribution in [3.05, 3.63) is 11.6 Å². The highest BCUT2D eigenvalue weighted by Gasteiger charge is 2.37. The molecule has 6 nitrogen and oxygen atoms in total. The number of aliphatic hydroxyl groups is 1. The first kappa shape index (κ1) is 14.6. The Labute approximate surface area is 107 Å². The van der Waals surface area contributed by atoms with Crippen LogP contribution in [0.15, 0.2) is 0 Å². The fraction of sp³-hybridized carbons (Fsp3) is 0.750. The Hall–Kier alpha value is -1.43. The third-order valence-corrected chi connectivity index (χ3v) is 3.21. The van der Waals surface area contributed by atoms with Crippen molar-refractivity contribution in [2.24, 2.45) is 0 Å². The van der Waals surface area contributed by atoms with Gasteiger partial charge in [0, 0.05) is 5.92 Å². The average molecular weight is 254 g/mol. The van der Waals surface area contributed by atoms with E-state index in [4.69, 9.17) is 0 Å². The summed E-state index contributed by atoms with van der Waals surface area (Å²) in [5, 5.41) is 19.3. The van der Waals surface area contributed by atoms with E-state index in [-0.39, 0.29) is 11.7 Å². The molecule has 102 valence electrons. The summed E-state index contributed by atoms with van der Waals surface area (Å²) in [5.74, 6) is 0.545. The van der Waals surface area contributed by atoms with Crippen molar-refractivity contribution in [3.63, 3.8) is 0 Å². The molecule has 0 spiro atoms. The molecule has 1 rings (SSSR count). The number of aromatic nitrogens is 3. The summed E-state index contributed by atoms with van der Waals surface area (Å²) in [6, 6.07) is 0. The van der Waals surface area contributed by atoms with Crippen LogP contribution < -0.4 is 5.32 Å². The highest BCUT2D eigenvalue weighted by Crippen LogP contribution is 2.20. The van der Waals surface area contributed by atoms with Gasteiger partial charge in [-0.25, -0.2) is 4.98 Å². The number of carbonyl (C=O) groups is 1. The first-order valence-corrected chi connectivity index (χ1v) is 6.02. The van der Waals surface area contributed by atoms with Crippen molar-refractivity contribution in [1.82, 2.24) is 20.5 Å². The van der Waals surface area contributed by atoms with Gasteiger partial charge in [-0.05, 0) is 27.7 Å². The van der Waals surface area contributed by atoms with Gasteiger partial charge in [0.15, 0.2) is 0 Å². The Balaban J connectivity index is 2.83. The van der Waals surface area contributed by atoms with Crippen LogP contribution in [0.3, 0.4) is 0 Å². The van der Waals surface area contributed by atoms with Gasteiger partial charge >= 0.3 is 0 Å². The Morgan fingerprint density at radius 1 is 1.33 bits per heavy atom. The van der Waals surface area contributed by atoms with Crippen LogP contribution in [0.1, 0.15) is 63.9 Å². The molecule has 0 fully saturated rings. The topological polar surface area (TPSA) is 90.9 Å². The largest absolute Gasteiger partial charge is 0.388 e. The molecule has 0 aliphatic heterocycles. The fourth-order valence-electron chi connectivity index (χ4n) is 1.13. The van der Waals surface area contributed by atoms with Crippen LogP contribution >= 0.6 is 0 Å². The second-order valence-electron chi connectivity index (χ2n) is 5.84. The maximum atomic E-state index is 12.0. The number of hydrogen-bond donors (Lipinski definition) is 3. The smallest absolute Gasteiger partial charge is 0.291 e. The average Bonchev–Trinajstić information content (AvgIpc) is 2.63. The number of rotatable bonds is 4. The molecule has 3 N–H and O–H groups in total. The molecule has 0 bridgehead atoms. The Bertz CT molecular complexity index is 430. The van der Waals surface area contributed by atoms with E-state index in [1.165, 1.54) is 0 Å². The number of nitrogens with one attached hydrogen (secondary N) is 2. The molecule has 1 heterocycles. The predicted molar refractivity (Wildman–Crippen MR) is 68.3 cm³/mol. The van der Waals surface area contributed by atoms with Crippen LogP contribution in [0.4, 0.5) is 0 Å². The minimum Gasteiger partial charge on any atom is -0.388 e. The molecule has 1 amide bonds. The molecule has 1 aromatic heterocycles. The molecule has 0 atom stereocenters. The standard InChI is InChI=1S/C12H22N4O2/c1-7(2)8-13-9(16-15-8)10(17)14-11(3,4)12(5,6)18/h7,18H,1-6H3,(H,14,17)(H,13,15,16). The minimum absolute atomic E-state index is 0.0935. The number of carbonyl (C=O) groups excluding carboxylic acids is 1. The summed E-state index contributed by atoms with van der Waals surface area (Å²) in [7, 11) is 0. The molecule has 0 aromatic carbocycles. The lowest BCUT2D eigenvalue weighted by atomic mass is 9.86. The van der Waals surface area contributed by atoms with E-state index >= 15 is 0 Å². The van der Waals surface area contributed by atoms with Crippen molar-refractivity contribution in [3.8, 4) is 0 Å². The summed E-state index contributed by atoms with van der Waals surface area (Å²) in [6.07, 6.45) is 0. The van der Waals surface area contributed by atoms with Gasteiger partial charge in [-0.2, -0.15) is 0 Å². The first-order valence-electron chi connectivity index (χ1n) is 6.02. The summed E-state index contributed by atoms with van der Waals surface area (Å²) in [6.45, 7) is 10.7. The number of hydrogen-bond acceptors (Lipinski definition) is 4. The van der Waals surface area contributed by atoms with Crippen molar-refractivity contribution < 1.29 is 9.90 Å². The third kappa shape index (κ3) is 3.07. The van der Waals surface area contributed by atoms with E-state index in [0.717, 1.165) is 0 Å². The van der Waals surface area contributed by atoms with E-state index in [1.54, 1.807) is 27.7 Å². The first-order chi connectivity index (χ1) is 8.04. The van der Waals surface area contributed by atoms with E-state index in [2.05, 4.69) is 20.5 Å². The lowest BCUT2D eigenvalue weighted by Gasteiger charge is -2.37. The molecule has 6 heteroatoms. The molecule has 0 saturated carbocycles. The lowest BCUT2D eigenvalue weighted by molar-refractivity contribution is -0.00312. The normalized spacial score (nSPS) is 12.9. The quantitative estimate of drug-likeness (QED) is 0.753. The van der Waals surface area contributed by atoms with Crippen LogP contribution in [0.25, 0.3) is 0 Å². The van der Waals surface area contributed by atoms with Crippen molar-refractivity contribution in [2.45, 2.75) is 58.6 Å². The van der Waals surface area contributed by atoms with E-state index in [9.17, 15) is 9.90 Å². The van der Waals surface area contributed by atoms with E-state index in [0.29, 0.717) is 5.82 Å². The SMILES string of the molecule is CC(C)c1nc(C(=O)NC(C)(C)C(C)(C)O)n[nH]1. The molecule has 1 aromatic rings. The Morgan fingerprint density at radius 3 is 2.28 bits per heavy atom. The minimum atomic E-state index is -1.04. The van der Waals surface area contributed by atoms with Crippen molar-refractivity contribution in [1.29, 1.82) is 0 Å². The number of nitrogens with zero attached hydrogens (tertiary/aromatic N) is 2. The maximum absolute atomic E-state index is 12.0. The lowest BCUT2D eigenvalue weighted by Crippen LogP contribution is -2.57. The zero-order valence-corrected chi connectivity index (χ0v) is 11.8. The summed E-state index contributed by atoms with van der Waals surface area (Å²) >= 11 is 0. The van der Waals surface area contributed by atoms with E-state index in [1.807, 2.05) is 13.8 Å². The van der Waals surface area contributed by atoms with Crippen LogP contribution in [0, 0.1) is 0 Å². The predicted octanol–water partition coefficient (Wildman–Crippen LogP) is 1.21. The number of amides is 1. The summed E-state index contributed by atoms with van der Waals surface area (Å²) < 4.78 is 0. The number of H-pyrrole nitrogens is 1. The molecule has 0 aliphatic carbocycles. The van der Waals surface area contributed by atoms with Crippen LogP contribution in [0.5, 0.6) is 0 Å². The number of aromatic amines is 1. The van der Waals surface area contributed by atoms with Gasteiger partial charge in [-0.15, -0.1) is 5.10 Å². The Kier molecular flexibility index (Phi) is 3.81. The van der Waals surface area contributed by atoms with Crippen LogP contribution in [0.2, 0.25) is 0 Å². The van der Waals surface area contributed by atoms with Crippen molar-refractivity contribution in [2.75, 3.05) is 0 Å². The van der Waals surface area contributed by atoms with Gasteiger partial charge in [-0.3, -0.25) is 9.89 Å². The van der Waals surface area contributed by atoms with Gasteiger partial charge in [0.2, 0.25) is 5.82 Å². The molecular weight excluding hydrogens is 232 g/mol. The molecule has 0 unspecified atom stereocenters. The van der Waals surface area contributed by atoms with Crippen LogP contribution in [-0.4, -0.2) is 37.3 Å². The van der Waals surface area contributed by atoms with Gasteiger partial charge in [0.25, 0.3) is 5.91 Å². The molecule has 0 radical (unpaired) electrons. The van der Waals surface area contributed by atoms with Crippen molar-refractivity contribution >= 4 is 5.91 Å². The highest BCUT2D eigenvalue weighted by molar-refractivity contribution is 5.90. The summed E-state index contributed by atoms with van der Waals surface area (Å²) in [5.41, 5.74) is -1.82. The van der Waals surface area contributed by atoms with Gasteiger partial charge in [0.05, 0.1) is 11.1 Å². The van der Waals surface area contributed by atoms with Gasteiger partial charge < -0.3 is 10.4 Å².